The zero-order valence-corrected chi connectivity index (χ0v) is 11.5. The van der Waals surface area contributed by atoms with Crippen molar-refractivity contribution in [2.75, 3.05) is 13.7 Å². The highest BCUT2D eigenvalue weighted by molar-refractivity contribution is 6.30. The summed E-state index contributed by atoms with van der Waals surface area (Å²) in [6.45, 7) is 2.68. The number of hydrogen-bond acceptors (Lipinski definition) is 4. The predicted octanol–water partition coefficient (Wildman–Crippen LogP) is 2.30. The molecule has 4 nitrogen and oxygen atoms in total. The molecule has 1 aromatic carbocycles. The maximum atomic E-state index is 9.96. The van der Waals surface area contributed by atoms with E-state index in [2.05, 4.69) is 5.32 Å². The molecule has 1 unspecified atom stereocenters. The first-order chi connectivity index (χ1) is 8.62. The number of ether oxygens (including phenoxy) is 1. The summed E-state index contributed by atoms with van der Waals surface area (Å²) in [4.78, 5) is 0. The van der Waals surface area contributed by atoms with Gasteiger partial charge in [0, 0.05) is 35.8 Å². The van der Waals surface area contributed by atoms with Crippen molar-refractivity contribution in [3.8, 4) is 11.5 Å². The minimum Gasteiger partial charge on any atom is -0.504 e. The second-order valence-corrected chi connectivity index (χ2v) is 4.55. The lowest BCUT2D eigenvalue weighted by Gasteiger charge is -2.17. The molecule has 1 rings (SSSR count). The summed E-state index contributed by atoms with van der Waals surface area (Å²) < 4.78 is 5.04. The SMILES string of the molecule is CCC(CCO)NCc1cc(Cl)cc(OC)c1O. The Morgan fingerprint density at radius 3 is 2.72 bits per heavy atom. The van der Waals surface area contributed by atoms with E-state index < -0.39 is 0 Å². The van der Waals surface area contributed by atoms with Crippen LogP contribution < -0.4 is 10.1 Å². The molecule has 0 heterocycles. The third-order valence-corrected chi connectivity index (χ3v) is 3.11. The van der Waals surface area contributed by atoms with Crippen LogP contribution in [0.25, 0.3) is 0 Å². The number of aliphatic hydroxyl groups excluding tert-OH is 1. The minimum absolute atomic E-state index is 0.105. The van der Waals surface area contributed by atoms with Crippen LogP contribution in [0.5, 0.6) is 11.5 Å². The molecule has 0 saturated heterocycles. The fourth-order valence-corrected chi connectivity index (χ4v) is 2.01. The monoisotopic (exact) mass is 273 g/mol. The first-order valence-corrected chi connectivity index (χ1v) is 6.39. The number of rotatable bonds is 7. The normalized spacial score (nSPS) is 12.4. The van der Waals surface area contributed by atoms with Crippen LogP contribution in [-0.2, 0) is 6.54 Å². The lowest BCUT2D eigenvalue weighted by Crippen LogP contribution is -2.28. The van der Waals surface area contributed by atoms with Crippen LogP contribution in [0.15, 0.2) is 12.1 Å². The second kappa shape index (κ2) is 7.46. The smallest absolute Gasteiger partial charge is 0.162 e. The van der Waals surface area contributed by atoms with E-state index in [4.69, 9.17) is 21.4 Å². The zero-order chi connectivity index (χ0) is 13.5. The molecule has 1 aromatic rings. The highest BCUT2D eigenvalue weighted by atomic mass is 35.5. The highest BCUT2D eigenvalue weighted by Gasteiger charge is 2.11. The Bertz CT molecular complexity index is 385. The zero-order valence-electron chi connectivity index (χ0n) is 10.7. The van der Waals surface area contributed by atoms with E-state index in [-0.39, 0.29) is 18.4 Å². The standard InChI is InChI=1S/C13H20ClNO3/c1-3-11(4-5-16)15-8-9-6-10(14)7-12(18-2)13(9)17/h6-7,11,15-17H,3-5,8H2,1-2H3. The van der Waals surface area contributed by atoms with E-state index in [9.17, 15) is 5.11 Å². The highest BCUT2D eigenvalue weighted by Crippen LogP contribution is 2.33. The number of phenols is 1. The van der Waals surface area contributed by atoms with Gasteiger partial charge in [-0.25, -0.2) is 0 Å². The summed E-state index contributed by atoms with van der Waals surface area (Å²) in [6, 6.07) is 3.50. The number of phenolic OH excluding ortho intramolecular Hbond substituents is 1. The van der Waals surface area contributed by atoms with Crippen LogP contribution in [0.2, 0.25) is 5.02 Å². The molecule has 0 amide bonds. The van der Waals surface area contributed by atoms with Gasteiger partial charge in [-0.15, -0.1) is 0 Å². The van der Waals surface area contributed by atoms with Crippen LogP contribution in [0.1, 0.15) is 25.3 Å². The van der Waals surface area contributed by atoms with Crippen molar-refractivity contribution in [1.82, 2.24) is 5.32 Å². The maximum absolute atomic E-state index is 9.96. The van der Waals surface area contributed by atoms with Crippen molar-refractivity contribution < 1.29 is 14.9 Å². The maximum Gasteiger partial charge on any atom is 0.162 e. The molecule has 18 heavy (non-hydrogen) atoms. The summed E-state index contributed by atoms with van der Waals surface area (Å²) in [6.07, 6.45) is 1.61. The Hall–Kier alpha value is -0.970. The molecule has 0 aromatic heterocycles. The van der Waals surface area contributed by atoms with Crippen LogP contribution >= 0.6 is 11.6 Å². The van der Waals surface area contributed by atoms with Crippen LogP contribution in [0.3, 0.4) is 0 Å². The Labute approximate surface area is 113 Å². The fraction of sp³-hybridized carbons (Fsp3) is 0.538. The van der Waals surface area contributed by atoms with Crippen molar-refractivity contribution in [3.63, 3.8) is 0 Å². The van der Waals surface area contributed by atoms with E-state index in [0.29, 0.717) is 29.3 Å². The van der Waals surface area contributed by atoms with Gasteiger partial charge in [-0.3, -0.25) is 0 Å². The topological polar surface area (TPSA) is 61.7 Å². The molecule has 0 saturated carbocycles. The largest absolute Gasteiger partial charge is 0.504 e. The van der Waals surface area contributed by atoms with Gasteiger partial charge in [-0.1, -0.05) is 18.5 Å². The molecule has 0 radical (unpaired) electrons. The molecule has 0 aliphatic heterocycles. The van der Waals surface area contributed by atoms with Crippen molar-refractivity contribution in [1.29, 1.82) is 0 Å². The number of methoxy groups -OCH3 is 1. The summed E-state index contributed by atoms with van der Waals surface area (Å²) in [7, 11) is 1.49. The number of nitrogens with one attached hydrogen (secondary N) is 1. The number of hydrogen-bond donors (Lipinski definition) is 3. The minimum atomic E-state index is 0.105. The summed E-state index contributed by atoms with van der Waals surface area (Å²) in [5.41, 5.74) is 0.690. The fourth-order valence-electron chi connectivity index (χ4n) is 1.78. The Morgan fingerprint density at radius 2 is 2.17 bits per heavy atom. The number of aromatic hydroxyl groups is 1. The number of aliphatic hydroxyl groups is 1. The van der Waals surface area contributed by atoms with Gasteiger partial charge in [0.2, 0.25) is 0 Å². The second-order valence-electron chi connectivity index (χ2n) is 4.11. The first kappa shape index (κ1) is 15.1. The average Bonchev–Trinajstić information content (AvgIpc) is 2.37. The van der Waals surface area contributed by atoms with Gasteiger partial charge in [0.05, 0.1) is 7.11 Å². The first-order valence-electron chi connectivity index (χ1n) is 6.02. The average molecular weight is 274 g/mol. The van der Waals surface area contributed by atoms with Crippen LogP contribution in [0.4, 0.5) is 0 Å². The lowest BCUT2D eigenvalue weighted by atomic mass is 10.1. The molecule has 0 aliphatic carbocycles. The molecular formula is C13H20ClNO3. The van der Waals surface area contributed by atoms with Gasteiger partial charge in [0.15, 0.2) is 11.5 Å². The Morgan fingerprint density at radius 1 is 1.44 bits per heavy atom. The van der Waals surface area contributed by atoms with Crippen molar-refractivity contribution in [3.05, 3.63) is 22.7 Å². The van der Waals surface area contributed by atoms with Gasteiger partial charge >= 0.3 is 0 Å². The van der Waals surface area contributed by atoms with Gasteiger partial charge in [-0.05, 0) is 18.9 Å². The molecule has 102 valence electrons. The van der Waals surface area contributed by atoms with Crippen molar-refractivity contribution in [2.45, 2.75) is 32.4 Å². The summed E-state index contributed by atoms with van der Waals surface area (Å²) in [5.74, 6) is 0.475. The van der Waals surface area contributed by atoms with Gasteiger partial charge < -0.3 is 20.3 Å². The van der Waals surface area contributed by atoms with Crippen LogP contribution in [-0.4, -0.2) is 30.0 Å². The molecular weight excluding hydrogens is 254 g/mol. The van der Waals surface area contributed by atoms with Gasteiger partial charge in [-0.2, -0.15) is 0 Å². The van der Waals surface area contributed by atoms with Gasteiger partial charge in [0.1, 0.15) is 0 Å². The molecule has 0 bridgehead atoms. The van der Waals surface area contributed by atoms with Crippen molar-refractivity contribution >= 4 is 11.6 Å². The van der Waals surface area contributed by atoms with Gasteiger partial charge in [0.25, 0.3) is 0 Å². The van der Waals surface area contributed by atoms with Crippen LogP contribution in [0, 0.1) is 0 Å². The molecule has 5 heteroatoms. The molecule has 0 fully saturated rings. The predicted molar refractivity (Wildman–Crippen MR) is 72.3 cm³/mol. The molecule has 1 atom stereocenters. The lowest BCUT2D eigenvalue weighted by molar-refractivity contribution is 0.261. The molecule has 0 aliphatic rings. The molecule has 3 N–H and O–H groups in total. The van der Waals surface area contributed by atoms with E-state index >= 15 is 0 Å². The number of halogens is 1. The molecule has 0 spiro atoms. The third-order valence-electron chi connectivity index (χ3n) is 2.89. The summed E-state index contributed by atoms with van der Waals surface area (Å²) >= 11 is 5.95. The van der Waals surface area contributed by atoms with E-state index in [1.165, 1.54) is 7.11 Å². The third kappa shape index (κ3) is 4.05. The quantitative estimate of drug-likeness (QED) is 0.713. The Kier molecular flexibility index (Phi) is 6.25. The number of benzene rings is 1. The summed E-state index contributed by atoms with van der Waals surface area (Å²) in [5, 5.41) is 22.7. The van der Waals surface area contributed by atoms with E-state index in [0.717, 1.165) is 6.42 Å². The van der Waals surface area contributed by atoms with E-state index in [1.807, 2.05) is 6.92 Å². The van der Waals surface area contributed by atoms with Crippen molar-refractivity contribution in [2.24, 2.45) is 0 Å². The van der Waals surface area contributed by atoms with E-state index in [1.54, 1.807) is 12.1 Å². The Balaban J connectivity index is 2.74.